The first-order valence-corrected chi connectivity index (χ1v) is 8.91. The topological polar surface area (TPSA) is 21.3 Å². The molecular weight excluding hydrogens is 282 g/mol. The monoisotopic (exact) mass is 309 g/mol. The Bertz CT molecular complexity index is 573. The Morgan fingerprint density at radius 2 is 1.52 bits per heavy atom. The molecule has 0 saturated heterocycles. The highest BCUT2D eigenvalue weighted by atomic mass is 16.5. The third-order valence-electron chi connectivity index (χ3n) is 4.68. The van der Waals surface area contributed by atoms with Crippen molar-refractivity contribution < 1.29 is 4.74 Å². The highest BCUT2D eigenvalue weighted by Crippen LogP contribution is 2.27. The molecular formula is C21H27NO. The number of nitrogens with one attached hydrogen (secondary N) is 1. The molecule has 3 rings (SSSR count). The van der Waals surface area contributed by atoms with Gasteiger partial charge < -0.3 is 10.1 Å². The molecule has 23 heavy (non-hydrogen) atoms. The molecule has 122 valence electrons. The lowest BCUT2D eigenvalue weighted by atomic mass is 10.0. The van der Waals surface area contributed by atoms with E-state index in [2.05, 4.69) is 47.8 Å². The van der Waals surface area contributed by atoms with Gasteiger partial charge in [-0.15, -0.1) is 0 Å². The summed E-state index contributed by atoms with van der Waals surface area (Å²) < 4.78 is 6.03. The summed E-state index contributed by atoms with van der Waals surface area (Å²) in [7, 11) is 0. The predicted molar refractivity (Wildman–Crippen MR) is 96.9 cm³/mol. The molecule has 0 radical (unpaired) electrons. The van der Waals surface area contributed by atoms with Gasteiger partial charge in [-0.25, -0.2) is 0 Å². The smallest absolute Gasteiger partial charge is 0.142 e. The van der Waals surface area contributed by atoms with Crippen LogP contribution in [0.4, 0.5) is 5.69 Å². The highest BCUT2D eigenvalue weighted by Gasteiger charge is 2.12. The maximum atomic E-state index is 6.03. The zero-order valence-electron chi connectivity index (χ0n) is 13.8. The van der Waals surface area contributed by atoms with Crippen LogP contribution in [0, 0.1) is 5.92 Å². The number of benzene rings is 2. The molecule has 1 N–H and O–H groups in total. The Morgan fingerprint density at radius 1 is 0.826 bits per heavy atom. The fourth-order valence-electron chi connectivity index (χ4n) is 3.30. The summed E-state index contributed by atoms with van der Waals surface area (Å²) in [6, 6.07) is 18.6. The van der Waals surface area contributed by atoms with Gasteiger partial charge in [-0.3, -0.25) is 0 Å². The van der Waals surface area contributed by atoms with Crippen LogP contribution in [0.25, 0.3) is 0 Å². The summed E-state index contributed by atoms with van der Waals surface area (Å²) in [5.41, 5.74) is 2.32. The average molecular weight is 309 g/mol. The van der Waals surface area contributed by atoms with E-state index in [9.17, 15) is 0 Å². The Balaban J connectivity index is 1.56. The summed E-state index contributed by atoms with van der Waals surface area (Å²) in [4.78, 5) is 0. The van der Waals surface area contributed by atoms with Crippen LogP contribution in [0.15, 0.2) is 54.6 Å². The number of hydrogen-bond acceptors (Lipinski definition) is 2. The number of hydrogen-bond donors (Lipinski definition) is 1. The molecule has 1 fully saturated rings. The van der Waals surface area contributed by atoms with Gasteiger partial charge in [0.05, 0.1) is 5.69 Å². The van der Waals surface area contributed by atoms with Gasteiger partial charge in [-0.2, -0.15) is 0 Å². The molecule has 0 unspecified atom stereocenters. The minimum atomic E-state index is 0.614. The molecule has 0 spiro atoms. The van der Waals surface area contributed by atoms with E-state index in [1.54, 1.807) is 0 Å². The fourth-order valence-corrected chi connectivity index (χ4v) is 3.30. The van der Waals surface area contributed by atoms with Crippen LogP contribution in [0.5, 0.6) is 5.75 Å². The molecule has 0 aromatic heterocycles. The summed E-state index contributed by atoms with van der Waals surface area (Å²) in [6.07, 6.45) is 8.32. The maximum Gasteiger partial charge on any atom is 0.142 e. The SMILES string of the molecule is c1ccc(COc2ccccc2NCC2CCCCCC2)cc1. The van der Waals surface area contributed by atoms with Crippen molar-refractivity contribution in [2.24, 2.45) is 5.92 Å². The molecule has 2 aromatic rings. The van der Waals surface area contributed by atoms with Gasteiger partial charge in [0.15, 0.2) is 0 Å². The maximum absolute atomic E-state index is 6.03. The highest BCUT2D eigenvalue weighted by molar-refractivity contribution is 5.56. The number of rotatable bonds is 6. The summed E-state index contributed by atoms with van der Waals surface area (Å²) in [5.74, 6) is 1.75. The normalized spacial score (nSPS) is 15.8. The van der Waals surface area contributed by atoms with E-state index in [4.69, 9.17) is 4.74 Å². The first-order valence-electron chi connectivity index (χ1n) is 8.91. The van der Waals surface area contributed by atoms with Crippen LogP contribution in [0.2, 0.25) is 0 Å². The molecule has 0 amide bonds. The summed E-state index contributed by atoms with van der Waals surface area (Å²) in [6.45, 7) is 1.68. The fraction of sp³-hybridized carbons (Fsp3) is 0.429. The van der Waals surface area contributed by atoms with Crippen LogP contribution in [0.1, 0.15) is 44.1 Å². The van der Waals surface area contributed by atoms with Gasteiger partial charge in [0.25, 0.3) is 0 Å². The Morgan fingerprint density at radius 3 is 2.30 bits per heavy atom. The zero-order valence-corrected chi connectivity index (χ0v) is 13.8. The van der Waals surface area contributed by atoms with E-state index in [1.165, 1.54) is 44.1 Å². The number of para-hydroxylation sites is 2. The van der Waals surface area contributed by atoms with Crippen LogP contribution >= 0.6 is 0 Å². The second kappa shape index (κ2) is 8.61. The van der Waals surface area contributed by atoms with E-state index >= 15 is 0 Å². The Hall–Kier alpha value is -1.96. The third kappa shape index (κ3) is 5.02. The van der Waals surface area contributed by atoms with Crippen molar-refractivity contribution in [3.05, 3.63) is 60.2 Å². The molecule has 1 aliphatic carbocycles. The van der Waals surface area contributed by atoms with Gasteiger partial charge in [0.2, 0.25) is 0 Å². The van der Waals surface area contributed by atoms with Crippen molar-refractivity contribution in [2.45, 2.75) is 45.1 Å². The van der Waals surface area contributed by atoms with Crippen LogP contribution in [-0.2, 0) is 6.61 Å². The Labute approximate surface area is 139 Å². The summed E-state index contributed by atoms with van der Waals surface area (Å²) in [5, 5.41) is 3.62. The number of anilines is 1. The molecule has 0 atom stereocenters. The standard InChI is InChI=1S/C21H27NO/c1-2-5-11-18(10-4-1)16-22-20-14-8-9-15-21(20)23-17-19-12-6-3-7-13-19/h3,6-9,12-15,18,22H,1-2,4-5,10-11,16-17H2. The van der Waals surface area contributed by atoms with E-state index in [-0.39, 0.29) is 0 Å². The van der Waals surface area contributed by atoms with Crippen molar-refractivity contribution >= 4 is 5.69 Å². The third-order valence-corrected chi connectivity index (χ3v) is 4.68. The second-order valence-corrected chi connectivity index (χ2v) is 6.51. The van der Waals surface area contributed by atoms with Crippen molar-refractivity contribution in [1.82, 2.24) is 0 Å². The van der Waals surface area contributed by atoms with Crippen LogP contribution in [-0.4, -0.2) is 6.54 Å². The molecule has 2 aromatic carbocycles. The Kier molecular flexibility index (Phi) is 5.96. The van der Waals surface area contributed by atoms with Crippen molar-refractivity contribution in [2.75, 3.05) is 11.9 Å². The molecule has 2 nitrogen and oxygen atoms in total. The van der Waals surface area contributed by atoms with Gasteiger partial charge in [-0.05, 0) is 36.5 Å². The molecule has 0 bridgehead atoms. The van der Waals surface area contributed by atoms with E-state index in [0.717, 1.165) is 23.9 Å². The largest absolute Gasteiger partial charge is 0.487 e. The number of ether oxygens (including phenoxy) is 1. The lowest BCUT2D eigenvalue weighted by Gasteiger charge is -2.18. The molecule has 1 aliphatic rings. The first-order chi connectivity index (χ1) is 11.4. The van der Waals surface area contributed by atoms with Crippen molar-refractivity contribution in [3.63, 3.8) is 0 Å². The molecule has 0 heterocycles. The van der Waals surface area contributed by atoms with E-state index < -0.39 is 0 Å². The molecule has 1 saturated carbocycles. The zero-order chi connectivity index (χ0) is 15.7. The van der Waals surface area contributed by atoms with Gasteiger partial charge >= 0.3 is 0 Å². The second-order valence-electron chi connectivity index (χ2n) is 6.51. The molecule has 2 heteroatoms. The average Bonchev–Trinajstić information content (AvgIpc) is 2.88. The van der Waals surface area contributed by atoms with Crippen molar-refractivity contribution in [3.8, 4) is 5.75 Å². The van der Waals surface area contributed by atoms with Crippen molar-refractivity contribution in [1.29, 1.82) is 0 Å². The van der Waals surface area contributed by atoms with E-state index in [0.29, 0.717) is 6.61 Å². The predicted octanol–water partition coefficient (Wildman–Crippen LogP) is 5.65. The van der Waals surface area contributed by atoms with Gasteiger partial charge in [0, 0.05) is 6.54 Å². The van der Waals surface area contributed by atoms with Gasteiger partial charge in [-0.1, -0.05) is 68.1 Å². The lowest BCUT2D eigenvalue weighted by Crippen LogP contribution is -2.14. The summed E-state index contributed by atoms with van der Waals surface area (Å²) >= 11 is 0. The van der Waals surface area contributed by atoms with Crippen LogP contribution in [0.3, 0.4) is 0 Å². The lowest BCUT2D eigenvalue weighted by molar-refractivity contribution is 0.307. The van der Waals surface area contributed by atoms with Crippen LogP contribution < -0.4 is 10.1 Å². The van der Waals surface area contributed by atoms with E-state index in [1.807, 2.05) is 12.1 Å². The quantitative estimate of drug-likeness (QED) is 0.696. The molecule has 0 aliphatic heterocycles. The van der Waals surface area contributed by atoms with Gasteiger partial charge in [0.1, 0.15) is 12.4 Å². The first kappa shape index (κ1) is 15.9. The minimum Gasteiger partial charge on any atom is -0.487 e. The minimum absolute atomic E-state index is 0.614.